The quantitative estimate of drug-likeness (QED) is 0.357. The van der Waals surface area contributed by atoms with Gasteiger partial charge in [0, 0.05) is 0 Å². The highest BCUT2D eigenvalue weighted by Crippen LogP contribution is 2.21. The molecule has 0 aromatic heterocycles. The zero-order valence-electron chi connectivity index (χ0n) is 12.7. The molecule has 0 atom stereocenters. The summed E-state index contributed by atoms with van der Waals surface area (Å²) < 4.78 is 10.2. The van der Waals surface area contributed by atoms with Crippen molar-refractivity contribution in [3.8, 4) is 5.75 Å². The van der Waals surface area contributed by atoms with Crippen LogP contribution in [-0.4, -0.2) is 12.8 Å². The van der Waals surface area contributed by atoms with Crippen molar-refractivity contribution >= 4 is 6.16 Å². The molecule has 0 amide bonds. The molecule has 0 aliphatic carbocycles. The summed E-state index contributed by atoms with van der Waals surface area (Å²) in [6.07, 6.45) is 7.31. The van der Waals surface area contributed by atoms with Crippen molar-refractivity contribution in [1.29, 1.82) is 0 Å². The number of benzene rings is 1. The number of ether oxygens (including phenoxy) is 2. The van der Waals surface area contributed by atoms with Crippen molar-refractivity contribution in [2.24, 2.45) is 0 Å². The Morgan fingerprint density at radius 3 is 2.50 bits per heavy atom. The number of hydrogen-bond acceptors (Lipinski definition) is 3. The fourth-order valence-corrected chi connectivity index (χ4v) is 2.03. The third kappa shape index (κ3) is 6.60. The zero-order chi connectivity index (χ0) is 14.6. The normalized spacial score (nSPS) is 10.3. The van der Waals surface area contributed by atoms with Crippen molar-refractivity contribution in [1.82, 2.24) is 0 Å². The topological polar surface area (TPSA) is 35.5 Å². The van der Waals surface area contributed by atoms with Gasteiger partial charge in [-0.05, 0) is 30.9 Å². The number of rotatable bonds is 9. The maximum absolute atomic E-state index is 11.5. The molecule has 20 heavy (non-hydrogen) atoms. The molecule has 1 rings (SSSR count). The first kappa shape index (κ1) is 16.5. The van der Waals surface area contributed by atoms with Gasteiger partial charge in [0.1, 0.15) is 5.75 Å². The Balaban J connectivity index is 2.44. The van der Waals surface area contributed by atoms with E-state index in [-0.39, 0.29) is 0 Å². The summed E-state index contributed by atoms with van der Waals surface area (Å²) in [6.45, 7) is 4.57. The van der Waals surface area contributed by atoms with E-state index in [0.29, 0.717) is 12.4 Å². The summed E-state index contributed by atoms with van der Waals surface area (Å²) in [6, 6.07) is 7.70. The molecule has 1 aromatic rings. The second kappa shape index (κ2) is 10.3. The Morgan fingerprint density at radius 2 is 1.75 bits per heavy atom. The summed E-state index contributed by atoms with van der Waals surface area (Å²) in [5.74, 6) is 0.629. The lowest BCUT2D eigenvalue weighted by molar-refractivity contribution is 0.0988. The third-order valence-electron chi connectivity index (χ3n) is 3.14. The van der Waals surface area contributed by atoms with E-state index in [2.05, 4.69) is 6.92 Å². The molecule has 0 saturated carbocycles. The highest BCUT2D eigenvalue weighted by atomic mass is 16.7. The molecule has 0 radical (unpaired) electrons. The molecule has 0 heterocycles. The molecule has 0 saturated heterocycles. The Kier molecular flexibility index (Phi) is 8.52. The van der Waals surface area contributed by atoms with Crippen LogP contribution in [-0.2, 0) is 11.2 Å². The number of carbonyl (C=O) groups excluding carboxylic acids is 1. The van der Waals surface area contributed by atoms with E-state index in [1.165, 1.54) is 25.7 Å². The second-order valence-corrected chi connectivity index (χ2v) is 4.97. The minimum Gasteiger partial charge on any atom is -0.434 e. The Labute approximate surface area is 122 Å². The molecule has 1 aromatic carbocycles. The third-order valence-corrected chi connectivity index (χ3v) is 3.14. The predicted molar refractivity (Wildman–Crippen MR) is 81.2 cm³/mol. The number of para-hydroxylation sites is 1. The van der Waals surface area contributed by atoms with Gasteiger partial charge in [0.15, 0.2) is 0 Å². The Bertz CT molecular complexity index is 388. The second-order valence-electron chi connectivity index (χ2n) is 4.97. The molecule has 0 unspecified atom stereocenters. The van der Waals surface area contributed by atoms with Crippen molar-refractivity contribution < 1.29 is 14.3 Å². The maximum atomic E-state index is 11.5. The largest absolute Gasteiger partial charge is 0.513 e. The SMILES string of the molecule is CCCCCCCc1ccccc1OC(=O)OCCC. The Morgan fingerprint density at radius 1 is 1.00 bits per heavy atom. The van der Waals surface area contributed by atoms with E-state index in [0.717, 1.165) is 24.8 Å². The van der Waals surface area contributed by atoms with Crippen molar-refractivity contribution in [2.75, 3.05) is 6.61 Å². The molecule has 112 valence electrons. The van der Waals surface area contributed by atoms with Crippen molar-refractivity contribution in [3.05, 3.63) is 29.8 Å². The number of aryl methyl sites for hydroxylation is 1. The van der Waals surface area contributed by atoms with Gasteiger partial charge in [0.25, 0.3) is 0 Å². The van der Waals surface area contributed by atoms with Crippen LogP contribution < -0.4 is 4.74 Å². The van der Waals surface area contributed by atoms with Crippen molar-refractivity contribution in [3.63, 3.8) is 0 Å². The van der Waals surface area contributed by atoms with Gasteiger partial charge in [-0.25, -0.2) is 4.79 Å². The maximum Gasteiger partial charge on any atom is 0.513 e. The first-order valence-electron chi connectivity index (χ1n) is 7.70. The van der Waals surface area contributed by atoms with Crippen LogP contribution in [0, 0.1) is 0 Å². The van der Waals surface area contributed by atoms with E-state index in [1.54, 1.807) is 0 Å². The molecule has 0 aliphatic rings. The van der Waals surface area contributed by atoms with Gasteiger partial charge in [-0.1, -0.05) is 57.7 Å². The molecule has 0 bridgehead atoms. The molecule has 0 N–H and O–H groups in total. The smallest absolute Gasteiger partial charge is 0.434 e. The van der Waals surface area contributed by atoms with Crippen LogP contribution in [0.3, 0.4) is 0 Å². The number of hydrogen-bond donors (Lipinski definition) is 0. The first-order valence-corrected chi connectivity index (χ1v) is 7.70. The number of unbranched alkanes of at least 4 members (excludes halogenated alkanes) is 4. The van der Waals surface area contributed by atoms with Crippen LogP contribution in [0.1, 0.15) is 57.9 Å². The monoisotopic (exact) mass is 278 g/mol. The summed E-state index contributed by atoms with van der Waals surface area (Å²) in [5, 5.41) is 0. The van der Waals surface area contributed by atoms with Crippen LogP contribution in [0.15, 0.2) is 24.3 Å². The van der Waals surface area contributed by atoms with Crippen LogP contribution in [0.5, 0.6) is 5.75 Å². The lowest BCUT2D eigenvalue weighted by Gasteiger charge is -2.10. The fourth-order valence-electron chi connectivity index (χ4n) is 2.03. The van der Waals surface area contributed by atoms with Gasteiger partial charge in [0.2, 0.25) is 0 Å². The molecule has 0 aliphatic heterocycles. The molecular weight excluding hydrogens is 252 g/mol. The van der Waals surface area contributed by atoms with Gasteiger partial charge in [0.05, 0.1) is 6.61 Å². The lowest BCUT2D eigenvalue weighted by Crippen LogP contribution is -2.12. The van der Waals surface area contributed by atoms with Gasteiger partial charge in [-0.3, -0.25) is 0 Å². The van der Waals surface area contributed by atoms with E-state index in [4.69, 9.17) is 9.47 Å². The van der Waals surface area contributed by atoms with Gasteiger partial charge in [-0.15, -0.1) is 0 Å². The van der Waals surface area contributed by atoms with E-state index < -0.39 is 6.16 Å². The van der Waals surface area contributed by atoms with Crippen LogP contribution >= 0.6 is 0 Å². The van der Waals surface area contributed by atoms with Crippen LogP contribution in [0.25, 0.3) is 0 Å². The molecule has 3 heteroatoms. The minimum absolute atomic E-state index is 0.401. The molecular formula is C17H26O3. The Hall–Kier alpha value is -1.51. The lowest BCUT2D eigenvalue weighted by atomic mass is 10.0. The van der Waals surface area contributed by atoms with Gasteiger partial charge >= 0.3 is 6.16 Å². The zero-order valence-corrected chi connectivity index (χ0v) is 12.7. The molecule has 3 nitrogen and oxygen atoms in total. The summed E-state index contributed by atoms with van der Waals surface area (Å²) in [5.41, 5.74) is 1.08. The average molecular weight is 278 g/mol. The average Bonchev–Trinajstić information content (AvgIpc) is 2.46. The summed E-state index contributed by atoms with van der Waals surface area (Å²) >= 11 is 0. The fraction of sp³-hybridized carbons (Fsp3) is 0.588. The van der Waals surface area contributed by atoms with Crippen LogP contribution in [0.2, 0.25) is 0 Å². The summed E-state index contributed by atoms with van der Waals surface area (Å²) in [4.78, 5) is 11.5. The predicted octanol–water partition coefficient (Wildman–Crippen LogP) is 5.12. The highest BCUT2D eigenvalue weighted by molar-refractivity contribution is 5.64. The van der Waals surface area contributed by atoms with E-state index in [1.807, 2.05) is 31.2 Å². The molecule has 0 spiro atoms. The molecule has 0 fully saturated rings. The summed E-state index contributed by atoms with van der Waals surface area (Å²) in [7, 11) is 0. The first-order chi connectivity index (χ1) is 9.77. The van der Waals surface area contributed by atoms with Gasteiger partial charge in [-0.2, -0.15) is 0 Å². The standard InChI is InChI=1S/C17H26O3/c1-3-5-6-7-8-11-15-12-9-10-13-16(15)20-17(18)19-14-4-2/h9-10,12-13H,3-8,11,14H2,1-2H3. The van der Waals surface area contributed by atoms with Gasteiger partial charge < -0.3 is 9.47 Å². The minimum atomic E-state index is -0.606. The van der Waals surface area contributed by atoms with Crippen LogP contribution in [0.4, 0.5) is 4.79 Å². The van der Waals surface area contributed by atoms with Crippen molar-refractivity contribution in [2.45, 2.75) is 58.8 Å². The number of carbonyl (C=O) groups is 1. The van der Waals surface area contributed by atoms with E-state index >= 15 is 0 Å². The highest BCUT2D eigenvalue weighted by Gasteiger charge is 2.09. The van der Waals surface area contributed by atoms with E-state index in [9.17, 15) is 4.79 Å².